The molecule has 5 nitrogen and oxygen atoms in total. The molecule has 1 aromatic carbocycles. The van der Waals surface area contributed by atoms with Gasteiger partial charge in [0.25, 0.3) is 0 Å². The van der Waals surface area contributed by atoms with Crippen LogP contribution in [0.3, 0.4) is 0 Å². The molecule has 0 saturated heterocycles. The van der Waals surface area contributed by atoms with Gasteiger partial charge in [0, 0.05) is 18.8 Å². The molecule has 1 atom stereocenters. The molecule has 1 aromatic heterocycles. The standard InChI is InChI=1S/C13H15ClN4O/c1-8-4-3-5-10(14)12(8)17-13(19)11(15)9-6-16-18(2)7-9/h3-7,11H,15H2,1-2H3,(H,17,19). The van der Waals surface area contributed by atoms with Crippen LogP contribution < -0.4 is 11.1 Å². The zero-order chi connectivity index (χ0) is 14.0. The predicted molar refractivity (Wildman–Crippen MR) is 75.0 cm³/mol. The molecule has 0 aliphatic rings. The Bertz CT molecular complexity index is 588. The zero-order valence-electron chi connectivity index (χ0n) is 10.7. The van der Waals surface area contributed by atoms with Crippen LogP contribution in [0.1, 0.15) is 17.2 Å². The monoisotopic (exact) mass is 278 g/mol. The molecule has 100 valence electrons. The number of nitrogens with zero attached hydrogens (tertiary/aromatic N) is 2. The maximum atomic E-state index is 12.1. The average molecular weight is 279 g/mol. The first-order valence-electron chi connectivity index (χ1n) is 5.79. The van der Waals surface area contributed by atoms with Gasteiger partial charge < -0.3 is 11.1 Å². The van der Waals surface area contributed by atoms with Crippen molar-refractivity contribution in [1.29, 1.82) is 0 Å². The number of amides is 1. The van der Waals surface area contributed by atoms with Gasteiger partial charge in [0.05, 0.1) is 16.9 Å². The van der Waals surface area contributed by atoms with Crippen LogP contribution in [0.25, 0.3) is 0 Å². The number of anilines is 1. The highest BCUT2D eigenvalue weighted by Crippen LogP contribution is 2.26. The van der Waals surface area contributed by atoms with Gasteiger partial charge in [-0.05, 0) is 18.6 Å². The number of hydrogen-bond donors (Lipinski definition) is 2. The normalized spacial score (nSPS) is 12.2. The lowest BCUT2D eigenvalue weighted by Gasteiger charge is -2.13. The fourth-order valence-corrected chi connectivity index (χ4v) is 2.01. The van der Waals surface area contributed by atoms with Crippen molar-refractivity contribution in [2.24, 2.45) is 12.8 Å². The molecule has 0 aliphatic carbocycles. The van der Waals surface area contributed by atoms with Crippen molar-refractivity contribution < 1.29 is 4.79 Å². The van der Waals surface area contributed by atoms with E-state index in [9.17, 15) is 4.79 Å². The summed E-state index contributed by atoms with van der Waals surface area (Å²) in [4.78, 5) is 12.1. The molecule has 1 heterocycles. The highest BCUT2D eigenvalue weighted by atomic mass is 35.5. The summed E-state index contributed by atoms with van der Waals surface area (Å²) in [6.45, 7) is 1.87. The van der Waals surface area contributed by atoms with Crippen LogP contribution >= 0.6 is 11.6 Å². The number of benzene rings is 1. The lowest BCUT2D eigenvalue weighted by Crippen LogP contribution is -2.27. The van der Waals surface area contributed by atoms with Gasteiger partial charge in [-0.15, -0.1) is 0 Å². The van der Waals surface area contributed by atoms with Crippen molar-refractivity contribution >= 4 is 23.2 Å². The summed E-state index contributed by atoms with van der Waals surface area (Å²) in [5.74, 6) is -0.316. The molecule has 0 fully saturated rings. The van der Waals surface area contributed by atoms with Crippen LogP contribution in [0.4, 0.5) is 5.69 Å². The maximum Gasteiger partial charge on any atom is 0.246 e. The van der Waals surface area contributed by atoms with E-state index in [1.165, 1.54) is 0 Å². The number of nitrogens with two attached hydrogens (primary N) is 1. The van der Waals surface area contributed by atoms with Gasteiger partial charge in [0.2, 0.25) is 5.91 Å². The molecule has 0 bridgehead atoms. The Kier molecular flexibility index (Phi) is 3.87. The van der Waals surface area contributed by atoms with Crippen molar-refractivity contribution in [3.63, 3.8) is 0 Å². The molecule has 0 spiro atoms. The second-order valence-electron chi connectivity index (χ2n) is 4.35. The molecular formula is C13H15ClN4O. The van der Waals surface area contributed by atoms with E-state index in [4.69, 9.17) is 17.3 Å². The van der Waals surface area contributed by atoms with E-state index in [0.29, 0.717) is 16.3 Å². The summed E-state index contributed by atoms with van der Waals surface area (Å²) in [5.41, 5.74) is 8.03. The number of para-hydroxylation sites is 1. The Morgan fingerprint density at radius 3 is 2.84 bits per heavy atom. The van der Waals surface area contributed by atoms with Crippen LogP contribution in [-0.2, 0) is 11.8 Å². The predicted octanol–water partition coefficient (Wildman–Crippen LogP) is 2.02. The fourth-order valence-electron chi connectivity index (χ4n) is 1.74. The molecule has 2 rings (SSSR count). The number of halogens is 1. The number of rotatable bonds is 3. The van der Waals surface area contributed by atoms with Crippen LogP contribution in [0.5, 0.6) is 0 Å². The maximum absolute atomic E-state index is 12.1. The second kappa shape index (κ2) is 5.42. The molecule has 0 radical (unpaired) electrons. The molecule has 2 aromatic rings. The number of hydrogen-bond acceptors (Lipinski definition) is 3. The van der Waals surface area contributed by atoms with Crippen molar-refractivity contribution in [2.75, 3.05) is 5.32 Å². The first-order valence-corrected chi connectivity index (χ1v) is 6.17. The Labute approximate surface area is 116 Å². The molecule has 0 saturated carbocycles. The van der Waals surface area contributed by atoms with Gasteiger partial charge in [0.15, 0.2) is 0 Å². The van der Waals surface area contributed by atoms with E-state index in [-0.39, 0.29) is 5.91 Å². The summed E-state index contributed by atoms with van der Waals surface area (Å²) >= 11 is 6.06. The summed E-state index contributed by atoms with van der Waals surface area (Å²) in [6.07, 6.45) is 3.29. The van der Waals surface area contributed by atoms with Crippen LogP contribution in [0.15, 0.2) is 30.6 Å². The Morgan fingerprint density at radius 2 is 2.26 bits per heavy atom. The molecule has 19 heavy (non-hydrogen) atoms. The summed E-state index contributed by atoms with van der Waals surface area (Å²) < 4.78 is 1.60. The number of aromatic nitrogens is 2. The largest absolute Gasteiger partial charge is 0.323 e. The average Bonchev–Trinajstić information content (AvgIpc) is 2.79. The minimum atomic E-state index is -0.774. The minimum absolute atomic E-state index is 0.316. The molecular weight excluding hydrogens is 264 g/mol. The quantitative estimate of drug-likeness (QED) is 0.902. The number of aryl methyl sites for hydroxylation is 2. The Hall–Kier alpha value is -1.85. The minimum Gasteiger partial charge on any atom is -0.323 e. The highest BCUT2D eigenvalue weighted by molar-refractivity contribution is 6.34. The van der Waals surface area contributed by atoms with E-state index in [1.807, 2.05) is 19.1 Å². The lowest BCUT2D eigenvalue weighted by atomic mass is 10.1. The van der Waals surface area contributed by atoms with Crippen molar-refractivity contribution in [1.82, 2.24) is 9.78 Å². The van der Waals surface area contributed by atoms with Gasteiger partial charge in [-0.2, -0.15) is 5.10 Å². The third-order valence-corrected chi connectivity index (χ3v) is 3.15. The summed E-state index contributed by atoms with van der Waals surface area (Å²) in [5, 5.41) is 7.24. The van der Waals surface area contributed by atoms with E-state index < -0.39 is 6.04 Å². The Balaban J connectivity index is 2.17. The smallest absolute Gasteiger partial charge is 0.246 e. The van der Waals surface area contributed by atoms with E-state index in [2.05, 4.69) is 10.4 Å². The fraction of sp³-hybridized carbons (Fsp3) is 0.231. The summed E-state index contributed by atoms with van der Waals surface area (Å²) in [6, 6.07) is 4.65. The Morgan fingerprint density at radius 1 is 1.53 bits per heavy atom. The first-order chi connectivity index (χ1) is 8.99. The second-order valence-corrected chi connectivity index (χ2v) is 4.75. The number of carbonyl (C=O) groups is 1. The molecule has 0 aliphatic heterocycles. The topological polar surface area (TPSA) is 72.9 Å². The molecule has 3 N–H and O–H groups in total. The van der Waals surface area contributed by atoms with E-state index >= 15 is 0 Å². The summed E-state index contributed by atoms with van der Waals surface area (Å²) in [7, 11) is 1.77. The van der Waals surface area contributed by atoms with E-state index in [1.54, 1.807) is 30.2 Å². The number of nitrogens with one attached hydrogen (secondary N) is 1. The zero-order valence-corrected chi connectivity index (χ0v) is 11.5. The third-order valence-electron chi connectivity index (χ3n) is 2.84. The van der Waals surface area contributed by atoms with Gasteiger partial charge in [0.1, 0.15) is 6.04 Å². The molecule has 6 heteroatoms. The van der Waals surface area contributed by atoms with Crippen molar-refractivity contribution in [3.05, 3.63) is 46.7 Å². The van der Waals surface area contributed by atoms with Crippen LogP contribution in [-0.4, -0.2) is 15.7 Å². The first kappa shape index (κ1) is 13.6. The lowest BCUT2D eigenvalue weighted by molar-refractivity contribution is -0.117. The molecule has 1 amide bonds. The van der Waals surface area contributed by atoms with Gasteiger partial charge in [-0.1, -0.05) is 23.7 Å². The van der Waals surface area contributed by atoms with Crippen LogP contribution in [0.2, 0.25) is 5.02 Å². The number of carbonyl (C=O) groups excluding carboxylic acids is 1. The highest BCUT2D eigenvalue weighted by Gasteiger charge is 2.18. The van der Waals surface area contributed by atoms with Crippen LogP contribution in [0, 0.1) is 6.92 Å². The SMILES string of the molecule is Cc1cccc(Cl)c1NC(=O)C(N)c1cnn(C)c1. The van der Waals surface area contributed by atoms with Crippen molar-refractivity contribution in [2.45, 2.75) is 13.0 Å². The van der Waals surface area contributed by atoms with Crippen molar-refractivity contribution in [3.8, 4) is 0 Å². The molecule has 1 unspecified atom stereocenters. The van der Waals surface area contributed by atoms with Gasteiger partial charge in [-0.25, -0.2) is 0 Å². The third kappa shape index (κ3) is 2.94. The van der Waals surface area contributed by atoms with E-state index in [0.717, 1.165) is 5.56 Å². The van der Waals surface area contributed by atoms with Gasteiger partial charge >= 0.3 is 0 Å². The van der Waals surface area contributed by atoms with Gasteiger partial charge in [-0.3, -0.25) is 9.48 Å².